The summed E-state index contributed by atoms with van der Waals surface area (Å²) >= 11 is 0. The third-order valence-corrected chi connectivity index (χ3v) is 14.9. The maximum Gasteiger partial charge on any atom is 0.404 e. The van der Waals surface area contributed by atoms with Gasteiger partial charge in [0.1, 0.15) is 11.1 Å². The van der Waals surface area contributed by atoms with Crippen LogP contribution in [0.25, 0.3) is 0 Å². The summed E-state index contributed by atoms with van der Waals surface area (Å²) in [5.74, 6) is -0.310. The zero-order valence-electron chi connectivity index (χ0n) is 31.0. The molecule has 1 aliphatic carbocycles. The van der Waals surface area contributed by atoms with Crippen molar-refractivity contribution in [3.8, 4) is 6.07 Å². The highest BCUT2D eigenvalue weighted by Gasteiger charge is 2.53. The summed E-state index contributed by atoms with van der Waals surface area (Å²) in [6.07, 6.45) is 9.80. The van der Waals surface area contributed by atoms with Crippen LogP contribution < -0.4 is 10.2 Å². The molecular weight excluding hydrogens is 708 g/mol. The van der Waals surface area contributed by atoms with Gasteiger partial charge >= 0.3 is 6.09 Å². The Labute approximate surface area is 318 Å². The number of amides is 2. The molecule has 2 aromatic carbocycles. The van der Waals surface area contributed by atoms with Crippen molar-refractivity contribution in [1.29, 1.82) is 5.26 Å². The van der Waals surface area contributed by atoms with E-state index in [1.165, 1.54) is 31.4 Å². The molecule has 2 aromatic rings. The fourth-order valence-corrected chi connectivity index (χ4v) is 11.5. The maximum absolute atomic E-state index is 14.6. The number of sulfone groups is 1. The minimum Gasteiger partial charge on any atom is -0.465 e. The van der Waals surface area contributed by atoms with Gasteiger partial charge in [-0.3, -0.25) is 9.69 Å². The van der Waals surface area contributed by atoms with E-state index in [9.17, 15) is 32.8 Å². The summed E-state index contributed by atoms with van der Waals surface area (Å²) in [6.45, 7) is 7.60. The normalized spacial score (nSPS) is 24.8. The van der Waals surface area contributed by atoms with Crippen molar-refractivity contribution < 1.29 is 27.5 Å². The Bertz CT molecular complexity index is 1830. The van der Waals surface area contributed by atoms with Gasteiger partial charge < -0.3 is 25.1 Å². The highest BCUT2D eigenvalue weighted by atomic mass is 32.2. The Morgan fingerprint density at radius 3 is 2.31 bits per heavy atom. The van der Waals surface area contributed by atoms with Crippen LogP contribution in [0.2, 0.25) is 0 Å². The molecule has 5 fully saturated rings. The lowest BCUT2D eigenvalue weighted by Crippen LogP contribution is -2.56. The van der Waals surface area contributed by atoms with Crippen LogP contribution in [-0.4, -0.2) is 117 Å². The SMILES string of the molecule is N#C[C@@](c1cccc(F)c1)(C1CCN(CC2CN(c3ccc(S(=O)(=O)C4CN(C(=O)/C=C/CN5CCCCC5)C4)cc3)C2)CC1)[C@H]1CCC[C@@H]1NC(=O)O. The Kier molecular flexibility index (Phi) is 11.6. The third kappa shape index (κ3) is 8.02. The Balaban J connectivity index is 0.886. The largest absolute Gasteiger partial charge is 0.465 e. The average molecular weight is 761 g/mol. The topological polar surface area (TPSA) is 137 Å². The summed E-state index contributed by atoms with van der Waals surface area (Å²) in [7, 11) is -3.54. The molecule has 11 nitrogen and oxygen atoms in total. The number of nitrogens with one attached hydrogen (secondary N) is 1. The summed E-state index contributed by atoms with van der Waals surface area (Å²) in [5.41, 5.74) is 0.657. The number of rotatable bonds is 12. The summed E-state index contributed by atoms with van der Waals surface area (Å²) in [5, 5.41) is 22.5. The van der Waals surface area contributed by atoms with Crippen molar-refractivity contribution >= 4 is 27.5 Å². The number of carbonyl (C=O) groups excluding carboxylic acids is 1. The second kappa shape index (κ2) is 16.4. The van der Waals surface area contributed by atoms with Crippen LogP contribution in [0.3, 0.4) is 0 Å². The van der Waals surface area contributed by atoms with Crippen molar-refractivity contribution in [2.24, 2.45) is 17.8 Å². The summed E-state index contributed by atoms with van der Waals surface area (Å²) in [6, 6.07) is 15.8. The number of hydrogen-bond acceptors (Lipinski definition) is 8. The predicted octanol–water partition coefficient (Wildman–Crippen LogP) is 4.90. The fourth-order valence-electron chi connectivity index (χ4n) is 9.81. The number of piperidine rings is 2. The molecule has 1 saturated carbocycles. The minimum absolute atomic E-state index is 0.0240. The second-order valence-electron chi connectivity index (χ2n) is 16.1. The van der Waals surface area contributed by atoms with Crippen LogP contribution in [0.1, 0.15) is 56.9 Å². The first-order valence-corrected chi connectivity index (χ1v) is 21.3. The number of anilines is 1. The van der Waals surface area contributed by atoms with E-state index in [-0.39, 0.29) is 42.7 Å². The average Bonchev–Trinajstić information content (AvgIpc) is 3.58. The third-order valence-electron chi connectivity index (χ3n) is 12.8. The Hall–Kier alpha value is -3.99. The molecule has 4 heterocycles. The highest BCUT2D eigenvalue weighted by Crippen LogP contribution is 2.50. The molecule has 54 heavy (non-hydrogen) atoms. The van der Waals surface area contributed by atoms with Crippen molar-refractivity contribution in [3.63, 3.8) is 0 Å². The Morgan fingerprint density at radius 1 is 0.926 bits per heavy atom. The van der Waals surface area contributed by atoms with Crippen LogP contribution in [0.4, 0.5) is 14.9 Å². The van der Waals surface area contributed by atoms with E-state index in [4.69, 9.17) is 0 Å². The quantitative estimate of drug-likeness (QED) is 0.290. The molecule has 7 rings (SSSR count). The standard InChI is InChI=1S/C41H53FN6O5S/c42-33-8-4-7-32(23-33)41(29-43,37-9-5-10-38(37)44-40(50)51)31-16-21-46(22-17-31)24-30-25-47(26-30)34-12-14-35(15-13-34)54(52,53)36-27-48(28-36)39(49)11-6-20-45-18-2-1-3-19-45/h4,6-8,11-15,23,30-31,36-38,44H,1-3,5,9-10,16-22,24-28H2,(H,50,51)/b11-6+/t37-,38-,41-/m0/s1. The summed E-state index contributed by atoms with van der Waals surface area (Å²) in [4.78, 5) is 33.2. The van der Waals surface area contributed by atoms with Gasteiger partial charge in [-0.2, -0.15) is 5.26 Å². The molecule has 13 heteroatoms. The fraction of sp³-hybridized carbons (Fsp3) is 0.585. The van der Waals surface area contributed by atoms with Crippen molar-refractivity contribution in [2.75, 3.05) is 70.3 Å². The molecule has 290 valence electrons. The number of benzene rings is 2. The zero-order valence-corrected chi connectivity index (χ0v) is 31.8. The summed E-state index contributed by atoms with van der Waals surface area (Å²) < 4.78 is 41.2. The van der Waals surface area contributed by atoms with Gasteiger partial charge in [-0.1, -0.05) is 31.1 Å². The van der Waals surface area contributed by atoms with E-state index in [0.29, 0.717) is 22.8 Å². The number of carboxylic acid groups (broad SMARTS) is 1. The van der Waals surface area contributed by atoms with E-state index >= 15 is 0 Å². The van der Waals surface area contributed by atoms with Gasteiger partial charge in [0.15, 0.2) is 9.84 Å². The lowest BCUT2D eigenvalue weighted by molar-refractivity contribution is -0.129. The van der Waals surface area contributed by atoms with Gasteiger partial charge in [0.2, 0.25) is 5.91 Å². The van der Waals surface area contributed by atoms with E-state index in [1.807, 2.05) is 24.3 Å². The van der Waals surface area contributed by atoms with E-state index in [0.717, 1.165) is 83.7 Å². The van der Waals surface area contributed by atoms with Gasteiger partial charge in [0.05, 0.1) is 16.4 Å². The molecule has 3 atom stereocenters. The molecule has 5 aliphatic rings. The molecule has 0 radical (unpaired) electrons. The van der Waals surface area contributed by atoms with Gasteiger partial charge in [0.25, 0.3) is 0 Å². The molecule has 2 N–H and O–H groups in total. The van der Waals surface area contributed by atoms with E-state index in [2.05, 4.69) is 26.1 Å². The van der Waals surface area contributed by atoms with Crippen molar-refractivity contribution in [2.45, 2.75) is 73.0 Å². The van der Waals surface area contributed by atoms with Crippen LogP contribution in [0.5, 0.6) is 0 Å². The van der Waals surface area contributed by atoms with Gasteiger partial charge in [-0.25, -0.2) is 17.6 Å². The smallest absolute Gasteiger partial charge is 0.404 e. The molecule has 0 unspecified atom stereocenters. The van der Waals surface area contributed by atoms with E-state index in [1.54, 1.807) is 29.2 Å². The van der Waals surface area contributed by atoms with Crippen molar-refractivity contribution in [1.82, 2.24) is 20.0 Å². The van der Waals surface area contributed by atoms with Gasteiger partial charge in [0, 0.05) is 68.9 Å². The van der Waals surface area contributed by atoms with Crippen molar-refractivity contribution in [3.05, 3.63) is 72.1 Å². The number of nitrogens with zero attached hydrogens (tertiary/aromatic N) is 5. The van der Waals surface area contributed by atoms with Crippen LogP contribution in [-0.2, 0) is 20.0 Å². The van der Waals surface area contributed by atoms with E-state index < -0.39 is 26.6 Å². The Morgan fingerprint density at radius 2 is 1.65 bits per heavy atom. The van der Waals surface area contributed by atoms with Gasteiger partial charge in [-0.05, 0) is 113 Å². The monoisotopic (exact) mass is 760 g/mol. The molecular formula is C41H53FN6O5S. The number of hydrogen-bond donors (Lipinski definition) is 2. The molecule has 0 bridgehead atoms. The van der Waals surface area contributed by atoms with Crippen LogP contribution in [0.15, 0.2) is 65.6 Å². The maximum atomic E-state index is 14.6. The predicted molar refractivity (Wildman–Crippen MR) is 204 cm³/mol. The van der Waals surface area contributed by atoms with Gasteiger partial charge in [-0.15, -0.1) is 0 Å². The number of carbonyl (C=O) groups is 2. The number of likely N-dealkylation sites (tertiary alicyclic amines) is 3. The minimum atomic E-state index is -3.54. The number of nitriles is 1. The first-order chi connectivity index (χ1) is 26.1. The second-order valence-corrected chi connectivity index (χ2v) is 18.3. The first kappa shape index (κ1) is 38.3. The van der Waals surface area contributed by atoms with Crippen LogP contribution in [0, 0.1) is 34.9 Å². The lowest BCUT2D eigenvalue weighted by Gasteiger charge is -2.48. The molecule has 4 saturated heterocycles. The lowest BCUT2D eigenvalue weighted by atomic mass is 9.59. The first-order valence-electron chi connectivity index (χ1n) is 19.7. The zero-order chi connectivity index (χ0) is 37.9. The molecule has 2 amide bonds. The molecule has 4 aliphatic heterocycles. The van der Waals surface area contributed by atoms with Crippen LogP contribution >= 0.6 is 0 Å². The molecule has 0 spiro atoms. The molecule has 0 aromatic heterocycles. The number of halogens is 1. The highest BCUT2D eigenvalue weighted by molar-refractivity contribution is 7.92.